The van der Waals surface area contributed by atoms with Crippen molar-refractivity contribution >= 4 is 38.5 Å². The molecule has 0 saturated heterocycles. The molecule has 1 N–H and O–H groups in total. The topological polar surface area (TPSA) is 153 Å². The van der Waals surface area contributed by atoms with E-state index in [0.29, 0.717) is 19.3 Å². The highest BCUT2D eigenvalue weighted by molar-refractivity contribution is 7.90. The lowest BCUT2D eigenvalue weighted by Crippen LogP contribution is -2.23. The Morgan fingerprint density at radius 2 is 1.76 bits per heavy atom. The van der Waals surface area contributed by atoms with E-state index in [2.05, 4.69) is 30.1 Å². The van der Waals surface area contributed by atoms with Crippen molar-refractivity contribution in [2.45, 2.75) is 52.2 Å². The van der Waals surface area contributed by atoms with Crippen molar-refractivity contribution < 1.29 is 23.1 Å². The highest BCUT2D eigenvalue weighted by atomic mass is 32.2. The first-order valence-corrected chi connectivity index (χ1v) is 14.5. The van der Waals surface area contributed by atoms with Gasteiger partial charge in [-0.3, -0.25) is 25.0 Å². The third-order valence-corrected chi connectivity index (χ3v) is 8.81. The monoisotopic (exact) mass is 546 g/mol. The fraction of sp³-hybridized carbons (Fsp3) is 0.500. The number of anilines is 2. The van der Waals surface area contributed by atoms with E-state index in [0.717, 1.165) is 54.6 Å². The van der Waals surface area contributed by atoms with Crippen LogP contribution in [0.2, 0.25) is 0 Å². The first-order chi connectivity index (χ1) is 17.9. The fourth-order valence-electron chi connectivity index (χ4n) is 5.00. The Kier molecular flexibility index (Phi) is 9.42. The molecule has 2 atom stereocenters. The summed E-state index contributed by atoms with van der Waals surface area (Å²) in [4.78, 5) is 35.8. The van der Waals surface area contributed by atoms with E-state index >= 15 is 0 Å². The summed E-state index contributed by atoms with van der Waals surface area (Å²) in [6.45, 7) is 7.93. The predicted molar refractivity (Wildman–Crippen MR) is 146 cm³/mol. The van der Waals surface area contributed by atoms with Crippen molar-refractivity contribution in [3.05, 3.63) is 67.8 Å². The summed E-state index contributed by atoms with van der Waals surface area (Å²) in [6, 6.07) is 8.94. The number of carbonyl (C=O) groups is 1. The molecule has 0 spiro atoms. The second-order valence-corrected chi connectivity index (χ2v) is 11.9. The number of rotatable bonds is 12. The summed E-state index contributed by atoms with van der Waals surface area (Å²) in [5, 5.41) is 25.3. The van der Waals surface area contributed by atoms with Crippen LogP contribution in [-0.2, 0) is 20.4 Å². The largest absolute Gasteiger partial charge is 0.372 e. The summed E-state index contributed by atoms with van der Waals surface area (Å²) in [5.74, 6) is -0.971. The molecule has 2 unspecified atom stereocenters. The standard InChI is InChI=1S/C26H34N4O7S/c1-4-28(5-2)22-10-11-24(18(3)14-22)27-26(31)20-7-6-19(15-20)12-13-38(36,37)17-21-8-9-23(29(32)33)16-25(21)30(34)35/h8-11,14,16,19-20H,4-7,12-13,15,17H2,1-3H3,(H,27,31). The smallest absolute Gasteiger partial charge is 0.280 e. The van der Waals surface area contributed by atoms with Gasteiger partial charge < -0.3 is 10.2 Å². The van der Waals surface area contributed by atoms with Crippen molar-refractivity contribution in [2.24, 2.45) is 11.8 Å². The average molecular weight is 547 g/mol. The van der Waals surface area contributed by atoms with Crippen LogP contribution in [0.1, 0.15) is 50.7 Å². The van der Waals surface area contributed by atoms with Crippen LogP contribution in [-0.4, -0.2) is 43.0 Å². The first-order valence-electron chi connectivity index (χ1n) is 12.7. The number of nitro groups is 2. The number of amides is 1. The molecule has 38 heavy (non-hydrogen) atoms. The van der Waals surface area contributed by atoms with E-state index in [9.17, 15) is 33.4 Å². The lowest BCUT2D eigenvalue weighted by Gasteiger charge is -2.22. The van der Waals surface area contributed by atoms with Gasteiger partial charge in [-0.2, -0.15) is 0 Å². The quantitative estimate of drug-likeness (QED) is 0.288. The molecule has 2 aromatic rings. The number of sulfone groups is 1. The fourth-order valence-corrected chi connectivity index (χ4v) is 6.55. The summed E-state index contributed by atoms with van der Waals surface area (Å²) in [5.41, 5.74) is 1.72. The number of aryl methyl sites for hydroxylation is 1. The highest BCUT2D eigenvalue weighted by Gasteiger charge is 2.31. The molecule has 1 saturated carbocycles. The molecule has 1 amide bonds. The average Bonchev–Trinajstić information content (AvgIpc) is 3.34. The molecule has 1 aliphatic carbocycles. The van der Waals surface area contributed by atoms with Gasteiger partial charge in [0.15, 0.2) is 9.84 Å². The van der Waals surface area contributed by atoms with Gasteiger partial charge in [-0.15, -0.1) is 0 Å². The Labute approximate surface area is 222 Å². The number of carbonyl (C=O) groups excluding carboxylic acids is 1. The molecule has 2 aromatic carbocycles. The number of non-ortho nitro benzene ring substituents is 1. The zero-order valence-electron chi connectivity index (χ0n) is 21.9. The van der Waals surface area contributed by atoms with Crippen LogP contribution in [0, 0.1) is 39.0 Å². The van der Waals surface area contributed by atoms with Crippen LogP contribution >= 0.6 is 0 Å². The van der Waals surface area contributed by atoms with Crippen LogP contribution in [0.15, 0.2) is 36.4 Å². The lowest BCUT2D eigenvalue weighted by atomic mass is 10.0. The third-order valence-electron chi connectivity index (χ3n) is 7.20. The van der Waals surface area contributed by atoms with Crippen LogP contribution < -0.4 is 10.2 Å². The molecule has 0 aliphatic heterocycles. The van der Waals surface area contributed by atoms with Crippen LogP contribution in [0.3, 0.4) is 0 Å². The molecule has 1 aliphatic rings. The van der Waals surface area contributed by atoms with Crippen LogP contribution in [0.4, 0.5) is 22.7 Å². The zero-order chi connectivity index (χ0) is 28.0. The molecule has 0 bridgehead atoms. The number of nitrogens with zero attached hydrogens (tertiary/aromatic N) is 3. The van der Waals surface area contributed by atoms with E-state index in [1.807, 2.05) is 19.1 Å². The van der Waals surface area contributed by atoms with Crippen LogP contribution in [0.25, 0.3) is 0 Å². The van der Waals surface area contributed by atoms with Crippen molar-refractivity contribution in [1.29, 1.82) is 0 Å². The second-order valence-electron chi connectivity index (χ2n) is 9.74. The Balaban J connectivity index is 1.56. The molecule has 1 fully saturated rings. The van der Waals surface area contributed by atoms with E-state index in [4.69, 9.17) is 0 Å². The molecule has 0 radical (unpaired) electrons. The number of nitro benzene ring substituents is 2. The Hall–Kier alpha value is -3.54. The Morgan fingerprint density at radius 1 is 1.05 bits per heavy atom. The minimum absolute atomic E-state index is 0.0542. The normalized spacial score (nSPS) is 17.2. The highest BCUT2D eigenvalue weighted by Crippen LogP contribution is 2.35. The summed E-state index contributed by atoms with van der Waals surface area (Å²) in [6.07, 6.45) is 2.33. The maximum atomic E-state index is 12.9. The Morgan fingerprint density at radius 3 is 2.37 bits per heavy atom. The van der Waals surface area contributed by atoms with E-state index in [1.54, 1.807) is 0 Å². The minimum Gasteiger partial charge on any atom is -0.372 e. The molecule has 11 nitrogen and oxygen atoms in total. The van der Waals surface area contributed by atoms with Gasteiger partial charge >= 0.3 is 0 Å². The number of nitrogens with one attached hydrogen (secondary N) is 1. The number of hydrogen-bond donors (Lipinski definition) is 1. The molecule has 206 valence electrons. The molecule has 12 heteroatoms. The first kappa shape index (κ1) is 29.0. The van der Waals surface area contributed by atoms with E-state index in [1.165, 1.54) is 0 Å². The van der Waals surface area contributed by atoms with Gasteiger partial charge in [0.05, 0.1) is 27.4 Å². The summed E-state index contributed by atoms with van der Waals surface area (Å²) in [7, 11) is -3.70. The summed E-state index contributed by atoms with van der Waals surface area (Å²) < 4.78 is 25.4. The lowest BCUT2D eigenvalue weighted by molar-refractivity contribution is -0.394. The minimum atomic E-state index is -3.70. The van der Waals surface area contributed by atoms with E-state index in [-0.39, 0.29) is 29.1 Å². The third kappa shape index (κ3) is 7.27. The molecular weight excluding hydrogens is 512 g/mol. The van der Waals surface area contributed by atoms with Gasteiger partial charge in [-0.25, -0.2) is 8.42 Å². The maximum Gasteiger partial charge on any atom is 0.280 e. The predicted octanol–water partition coefficient (Wildman–Crippen LogP) is 5.02. The van der Waals surface area contributed by atoms with Gasteiger partial charge in [-0.05, 0) is 82.2 Å². The molecule has 0 heterocycles. The molecular formula is C26H34N4O7S. The van der Waals surface area contributed by atoms with Gasteiger partial charge in [0, 0.05) is 42.0 Å². The maximum absolute atomic E-state index is 12.9. The van der Waals surface area contributed by atoms with Crippen molar-refractivity contribution in [2.75, 3.05) is 29.1 Å². The summed E-state index contributed by atoms with van der Waals surface area (Å²) >= 11 is 0. The molecule has 0 aromatic heterocycles. The SMILES string of the molecule is CCN(CC)c1ccc(NC(=O)C2CCC(CCS(=O)(=O)Cc3ccc([N+](=O)[O-])cc3[N+](=O)[O-])C2)c(C)c1. The Bertz CT molecular complexity index is 1310. The van der Waals surface area contributed by atoms with Crippen LogP contribution in [0.5, 0.6) is 0 Å². The zero-order valence-corrected chi connectivity index (χ0v) is 22.7. The van der Waals surface area contributed by atoms with Crippen molar-refractivity contribution in [3.8, 4) is 0 Å². The molecule has 3 rings (SSSR count). The van der Waals surface area contributed by atoms with Crippen molar-refractivity contribution in [1.82, 2.24) is 0 Å². The second kappa shape index (κ2) is 12.3. The van der Waals surface area contributed by atoms with E-state index < -0.39 is 36.8 Å². The number of hydrogen-bond acceptors (Lipinski definition) is 8. The van der Waals surface area contributed by atoms with Gasteiger partial charge in [0.25, 0.3) is 11.4 Å². The van der Waals surface area contributed by atoms with Crippen molar-refractivity contribution in [3.63, 3.8) is 0 Å². The van der Waals surface area contributed by atoms with Gasteiger partial charge in [0.1, 0.15) is 0 Å². The number of benzene rings is 2. The van der Waals surface area contributed by atoms with Gasteiger partial charge in [0.2, 0.25) is 5.91 Å². The van der Waals surface area contributed by atoms with Gasteiger partial charge in [-0.1, -0.05) is 0 Å².